The maximum Gasteiger partial charge on any atom is 0.0165 e. The molecule has 0 saturated heterocycles. The molecule has 1 aliphatic carbocycles. The molecule has 0 nitrogen and oxygen atoms in total. The molecule has 0 aromatic heterocycles. The Balaban J connectivity index is 1.29. The van der Waals surface area contributed by atoms with Crippen molar-refractivity contribution in [2.45, 2.75) is 19.3 Å². The Morgan fingerprint density at radius 3 is 1.37 bits per heavy atom. The number of hydrogen-bond acceptors (Lipinski definition) is 0. The van der Waals surface area contributed by atoms with Crippen molar-refractivity contribution in [3.8, 4) is 44.5 Å². The van der Waals surface area contributed by atoms with Crippen molar-refractivity contribution in [3.63, 3.8) is 0 Å². The maximum atomic E-state index is 2.39. The first-order valence-electron chi connectivity index (χ1n) is 17.3. The molecule has 10 rings (SSSR count). The lowest BCUT2D eigenvalue weighted by molar-refractivity contribution is 0.666. The molecule has 230 valence electrons. The molecule has 9 aromatic rings. The van der Waals surface area contributed by atoms with Gasteiger partial charge in [0.1, 0.15) is 0 Å². The summed E-state index contributed by atoms with van der Waals surface area (Å²) in [4.78, 5) is 0. The van der Waals surface area contributed by atoms with Crippen molar-refractivity contribution in [2.24, 2.45) is 0 Å². The first-order valence-corrected chi connectivity index (χ1v) is 17.3. The Morgan fingerprint density at radius 1 is 0.286 bits per heavy atom. The van der Waals surface area contributed by atoms with Crippen LogP contribution in [0.4, 0.5) is 0 Å². The third-order valence-electron chi connectivity index (χ3n) is 11.1. The Hall–Kier alpha value is -5.98. The van der Waals surface area contributed by atoms with Crippen molar-refractivity contribution in [1.82, 2.24) is 0 Å². The van der Waals surface area contributed by atoms with Gasteiger partial charge in [0.2, 0.25) is 0 Å². The molecule has 0 bridgehead atoms. The molecule has 0 heterocycles. The standard InChI is InChI=1S/C49H34/c1-49(2)45-26-13-12-19-36(45)44-30-28-35-37(24-14-25-43(35)48(44)49)46-38-20-8-10-22-40(38)47(41-23-11-9-21-39(41)46)42-29-27-32(31-15-4-3-5-16-31)33-17-6-7-18-34(33)42/h3-30H,1-2H3. The second-order valence-corrected chi connectivity index (χ2v) is 14.0. The number of rotatable bonds is 3. The van der Waals surface area contributed by atoms with Crippen molar-refractivity contribution in [1.29, 1.82) is 0 Å². The number of hydrogen-bond donors (Lipinski definition) is 0. The smallest absolute Gasteiger partial charge is 0.0165 e. The quantitative estimate of drug-likeness (QED) is 0.172. The average molecular weight is 623 g/mol. The van der Waals surface area contributed by atoms with Crippen LogP contribution in [0.25, 0.3) is 87.6 Å². The highest BCUT2D eigenvalue weighted by atomic mass is 14.4. The summed E-state index contributed by atoms with van der Waals surface area (Å²) in [5.41, 5.74) is 13.1. The van der Waals surface area contributed by atoms with E-state index in [9.17, 15) is 0 Å². The van der Waals surface area contributed by atoms with Crippen LogP contribution in [0.2, 0.25) is 0 Å². The first-order chi connectivity index (χ1) is 24.1. The van der Waals surface area contributed by atoms with Crippen molar-refractivity contribution in [2.75, 3.05) is 0 Å². The maximum absolute atomic E-state index is 2.39. The fraction of sp³-hybridized carbons (Fsp3) is 0.0612. The summed E-state index contributed by atoms with van der Waals surface area (Å²) in [6, 6.07) is 63.0. The predicted molar refractivity (Wildman–Crippen MR) is 210 cm³/mol. The summed E-state index contributed by atoms with van der Waals surface area (Å²) in [5, 5.41) is 10.3. The average Bonchev–Trinajstić information content (AvgIpc) is 3.40. The highest BCUT2D eigenvalue weighted by Gasteiger charge is 2.36. The predicted octanol–water partition coefficient (Wildman–Crippen LogP) is 13.6. The van der Waals surface area contributed by atoms with Gasteiger partial charge in [-0.1, -0.05) is 184 Å². The summed E-state index contributed by atoms with van der Waals surface area (Å²) < 4.78 is 0. The minimum atomic E-state index is -0.0784. The zero-order valence-electron chi connectivity index (χ0n) is 27.7. The van der Waals surface area contributed by atoms with Gasteiger partial charge >= 0.3 is 0 Å². The van der Waals surface area contributed by atoms with Gasteiger partial charge in [-0.2, -0.15) is 0 Å². The van der Waals surface area contributed by atoms with Crippen molar-refractivity contribution in [3.05, 3.63) is 181 Å². The van der Waals surface area contributed by atoms with Crippen LogP contribution in [0.1, 0.15) is 25.0 Å². The van der Waals surface area contributed by atoms with E-state index in [0.717, 1.165) is 0 Å². The molecule has 0 spiro atoms. The summed E-state index contributed by atoms with van der Waals surface area (Å²) in [7, 11) is 0. The van der Waals surface area contributed by atoms with Gasteiger partial charge in [0, 0.05) is 5.41 Å². The van der Waals surface area contributed by atoms with E-state index in [1.54, 1.807) is 0 Å². The van der Waals surface area contributed by atoms with Crippen LogP contribution in [0.5, 0.6) is 0 Å². The van der Waals surface area contributed by atoms with Gasteiger partial charge in [-0.25, -0.2) is 0 Å². The summed E-state index contributed by atoms with van der Waals surface area (Å²) in [6.45, 7) is 4.77. The second-order valence-electron chi connectivity index (χ2n) is 14.0. The van der Waals surface area contributed by atoms with Gasteiger partial charge in [-0.3, -0.25) is 0 Å². The lowest BCUT2D eigenvalue weighted by atomic mass is 9.78. The van der Waals surface area contributed by atoms with Crippen LogP contribution < -0.4 is 0 Å². The van der Waals surface area contributed by atoms with Gasteiger partial charge in [-0.05, 0) is 98.7 Å². The molecule has 0 atom stereocenters. The Morgan fingerprint density at radius 2 is 0.714 bits per heavy atom. The largest absolute Gasteiger partial charge is 0.0622 e. The molecule has 1 aliphatic rings. The summed E-state index contributed by atoms with van der Waals surface area (Å²) in [6.07, 6.45) is 0. The van der Waals surface area contributed by atoms with Crippen LogP contribution in [-0.2, 0) is 5.41 Å². The van der Waals surface area contributed by atoms with E-state index < -0.39 is 0 Å². The second kappa shape index (κ2) is 10.5. The first kappa shape index (κ1) is 28.1. The van der Waals surface area contributed by atoms with E-state index in [4.69, 9.17) is 0 Å². The zero-order valence-corrected chi connectivity index (χ0v) is 27.7. The van der Waals surface area contributed by atoms with E-state index in [0.29, 0.717) is 0 Å². The highest BCUT2D eigenvalue weighted by Crippen LogP contribution is 2.53. The van der Waals surface area contributed by atoms with Gasteiger partial charge in [0.25, 0.3) is 0 Å². The van der Waals surface area contributed by atoms with E-state index >= 15 is 0 Å². The molecular formula is C49H34. The number of benzene rings is 9. The van der Waals surface area contributed by atoms with Crippen molar-refractivity contribution >= 4 is 43.1 Å². The molecule has 9 aromatic carbocycles. The monoisotopic (exact) mass is 622 g/mol. The molecule has 0 saturated carbocycles. The normalized spacial score (nSPS) is 13.3. The fourth-order valence-electron chi connectivity index (χ4n) is 8.97. The lowest BCUT2D eigenvalue weighted by Crippen LogP contribution is -2.15. The van der Waals surface area contributed by atoms with Crippen LogP contribution in [0, 0.1) is 0 Å². The van der Waals surface area contributed by atoms with E-state index in [-0.39, 0.29) is 5.41 Å². The Labute approximate surface area is 286 Å². The van der Waals surface area contributed by atoms with Gasteiger partial charge in [-0.15, -0.1) is 0 Å². The molecule has 0 aliphatic heterocycles. The minimum Gasteiger partial charge on any atom is -0.0622 e. The topological polar surface area (TPSA) is 0 Å². The van der Waals surface area contributed by atoms with Gasteiger partial charge < -0.3 is 0 Å². The molecule has 0 radical (unpaired) electrons. The third-order valence-corrected chi connectivity index (χ3v) is 11.1. The summed E-state index contributed by atoms with van der Waals surface area (Å²) >= 11 is 0. The Bertz CT molecular complexity index is 2720. The molecule has 0 heteroatoms. The van der Waals surface area contributed by atoms with Crippen molar-refractivity contribution < 1.29 is 0 Å². The molecule has 49 heavy (non-hydrogen) atoms. The molecule has 0 fully saturated rings. The van der Waals surface area contributed by atoms with Crippen LogP contribution >= 0.6 is 0 Å². The van der Waals surface area contributed by atoms with E-state index in [1.807, 2.05) is 0 Å². The van der Waals surface area contributed by atoms with Crippen LogP contribution in [0.15, 0.2) is 170 Å². The lowest BCUT2D eigenvalue weighted by Gasteiger charge is -2.24. The van der Waals surface area contributed by atoms with Gasteiger partial charge in [0.15, 0.2) is 0 Å². The highest BCUT2D eigenvalue weighted by molar-refractivity contribution is 6.26. The van der Waals surface area contributed by atoms with Crippen LogP contribution in [0.3, 0.4) is 0 Å². The van der Waals surface area contributed by atoms with E-state index in [2.05, 4.69) is 184 Å². The van der Waals surface area contributed by atoms with E-state index in [1.165, 1.54) is 98.7 Å². The molecule has 0 unspecified atom stereocenters. The molecular weight excluding hydrogens is 589 g/mol. The molecule has 0 amide bonds. The SMILES string of the molecule is CC1(C)c2ccccc2-c2ccc3c(-c4c5ccccc5c(-c5ccc(-c6ccccc6)c6ccccc56)c5ccccc45)cccc3c21. The van der Waals surface area contributed by atoms with Gasteiger partial charge in [0.05, 0.1) is 0 Å². The minimum absolute atomic E-state index is 0.0784. The Kier molecular flexibility index (Phi) is 6.02. The number of fused-ring (bicyclic) bond motifs is 8. The summed E-state index contributed by atoms with van der Waals surface area (Å²) in [5.74, 6) is 0. The van der Waals surface area contributed by atoms with Crippen LogP contribution in [-0.4, -0.2) is 0 Å². The molecule has 0 N–H and O–H groups in total. The third kappa shape index (κ3) is 3.98. The zero-order chi connectivity index (χ0) is 32.7. The fourth-order valence-corrected chi connectivity index (χ4v) is 8.97.